The predicted octanol–water partition coefficient (Wildman–Crippen LogP) is -1.07. The molecule has 5 heteroatoms. The van der Waals surface area contributed by atoms with Crippen LogP contribution in [-0.4, -0.2) is 49.2 Å². The van der Waals surface area contributed by atoms with Crippen LogP contribution in [-0.2, 0) is 19.0 Å². The van der Waals surface area contributed by atoms with E-state index in [9.17, 15) is 9.90 Å². The van der Waals surface area contributed by atoms with Crippen LogP contribution in [0.4, 0.5) is 0 Å². The van der Waals surface area contributed by atoms with E-state index in [1.807, 2.05) is 0 Å². The van der Waals surface area contributed by atoms with Gasteiger partial charge >= 0.3 is 5.97 Å². The number of hydrogen-bond acceptors (Lipinski definition) is 5. The summed E-state index contributed by atoms with van der Waals surface area (Å²) in [6.07, 6.45) is -1.62. The summed E-state index contributed by atoms with van der Waals surface area (Å²) in [5.41, 5.74) is 0. The van der Waals surface area contributed by atoms with Crippen molar-refractivity contribution in [1.29, 1.82) is 0 Å². The lowest BCUT2D eigenvalue weighted by molar-refractivity contribution is -0.145. The lowest BCUT2D eigenvalue weighted by Gasteiger charge is -2.28. The molecule has 0 aliphatic carbocycles. The zero-order chi connectivity index (χ0) is 9.87. The normalized spacial score (nSPS) is 54.9. The Labute approximate surface area is 80.9 Å². The summed E-state index contributed by atoms with van der Waals surface area (Å²) in [6, 6.07) is 0. The Hall–Kier alpha value is -0.650. The van der Waals surface area contributed by atoms with Crippen molar-refractivity contribution in [2.75, 3.05) is 13.7 Å². The first-order chi connectivity index (χ1) is 6.74. The molecule has 3 heterocycles. The molecule has 0 aromatic carbocycles. The average Bonchev–Trinajstić information content (AvgIpc) is 2.77. The smallest absolute Gasteiger partial charge is 0.312 e. The molecule has 6 atom stereocenters. The van der Waals surface area contributed by atoms with Crippen LogP contribution in [0, 0.1) is 11.8 Å². The van der Waals surface area contributed by atoms with Crippen molar-refractivity contribution < 1.29 is 24.1 Å². The highest BCUT2D eigenvalue weighted by Gasteiger charge is 2.65. The number of ether oxygens (including phenoxy) is 3. The standard InChI is InChI=1S/C9H12O5/c1-12-8-5(10)7-4-3(6(8)14-7)2-13-9(4)11/h3-8,10H,2H2,1H3/t3-,4-,5-,6+,7+,8-/m1/s1. The van der Waals surface area contributed by atoms with Crippen LogP contribution < -0.4 is 0 Å². The molecule has 0 aromatic rings. The van der Waals surface area contributed by atoms with Crippen molar-refractivity contribution in [2.45, 2.75) is 24.4 Å². The predicted molar refractivity (Wildman–Crippen MR) is 43.4 cm³/mol. The van der Waals surface area contributed by atoms with Gasteiger partial charge in [0.2, 0.25) is 0 Å². The monoisotopic (exact) mass is 200 g/mol. The Morgan fingerprint density at radius 1 is 1.50 bits per heavy atom. The molecule has 3 fully saturated rings. The highest BCUT2D eigenvalue weighted by Crippen LogP contribution is 2.47. The van der Waals surface area contributed by atoms with E-state index in [1.165, 1.54) is 0 Å². The molecule has 3 aliphatic heterocycles. The van der Waals surface area contributed by atoms with Crippen LogP contribution in [0.25, 0.3) is 0 Å². The number of aliphatic hydroxyl groups excluding tert-OH is 1. The number of esters is 1. The number of carbonyl (C=O) groups excluding carboxylic acids is 1. The largest absolute Gasteiger partial charge is 0.465 e. The van der Waals surface area contributed by atoms with E-state index in [4.69, 9.17) is 14.2 Å². The third-order valence-corrected chi connectivity index (χ3v) is 3.51. The minimum Gasteiger partial charge on any atom is -0.465 e. The Balaban J connectivity index is 1.92. The van der Waals surface area contributed by atoms with Gasteiger partial charge in [0.05, 0.1) is 18.6 Å². The van der Waals surface area contributed by atoms with Gasteiger partial charge in [-0.2, -0.15) is 0 Å². The van der Waals surface area contributed by atoms with Gasteiger partial charge < -0.3 is 19.3 Å². The molecule has 0 spiro atoms. The summed E-state index contributed by atoms with van der Waals surface area (Å²) in [6.45, 7) is 0.400. The van der Waals surface area contributed by atoms with E-state index in [0.29, 0.717) is 6.61 Å². The first kappa shape index (κ1) is 8.64. The molecular formula is C9H12O5. The maximum Gasteiger partial charge on any atom is 0.312 e. The van der Waals surface area contributed by atoms with Gasteiger partial charge in [0.1, 0.15) is 18.3 Å². The zero-order valence-electron chi connectivity index (χ0n) is 7.75. The van der Waals surface area contributed by atoms with Gasteiger partial charge in [-0.3, -0.25) is 4.79 Å². The SMILES string of the molecule is CO[C@@H]1[C@H](O)[C@H]2O[C@H]1[C@@H]1COC(=O)[C@H]12. The maximum atomic E-state index is 11.3. The first-order valence-corrected chi connectivity index (χ1v) is 4.77. The molecule has 0 saturated carbocycles. The zero-order valence-corrected chi connectivity index (χ0v) is 7.75. The molecule has 3 saturated heterocycles. The van der Waals surface area contributed by atoms with Crippen molar-refractivity contribution in [3.63, 3.8) is 0 Å². The van der Waals surface area contributed by atoms with Crippen LogP contribution in [0.5, 0.6) is 0 Å². The van der Waals surface area contributed by atoms with Gasteiger partial charge in [-0.05, 0) is 0 Å². The number of hydrogen-bond donors (Lipinski definition) is 1. The number of rotatable bonds is 1. The Kier molecular flexibility index (Phi) is 1.66. The molecule has 78 valence electrons. The highest BCUT2D eigenvalue weighted by atomic mass is 16.6. The molecule has 3 rings (SSSR count). The molecule has 0 amide bonds. The Bertz CT molecular complexity index is 278. The molecule has 0 unspecified atom stereocenters. The minimum atomic E-state index is -0.697. The van der Waals surface area contributed by atoms with Crippen LogP contribution in [0.2, 0.25) is 0 Å². The Morgan fingerprint density at radius 3 is 3.00 bits per heavy atom. The molecule has 14 heavy (non-hydrogen) atoms. The molecule has 2 bridgehead atoms. The topological polar surface area (TPSA) is 65.0 Å². The van der Waals surface area contributed by atoms with Crippen molar-refractivity contribution in [1.82, 2.24) is 0 Å². The Morgan fingerprint density at radius 2 is 2.29 bits per heavy atom. The summed E-state index contributed by atoms with van der Waals surface area (Å²) in [4.78, 5) is 11.3. The van der Waals surface area contributed by atoms with Crippen molar-refractivity contribution >= 4 is 5.97 Å². The lowest BCUT2D eigenvalue weighted by atomic mass is 9.78. The number of cyclic esters (lactones) is 1. The second-order valence-electron chi connectivity index (χ2n) is 4.08. The van der Waals surface area contributed by atoms with E-state index >= 15 is 0 Å². The van der Waals surface area contributed by atoms with Crippen LogP contribution in [0.3, 0.4) is 0 Å². The number of methoxy groups -OCH3 is 1. The van der Waals surface area contributed by atoms with Crippen LogP contribution >= 0.6 is 0 Å². The molecule has 0 radical (unpaired) electrons. The van der Waals surface area contributed by atoms with E-state index < -0.39 is 12.2 Å². The molecular weight excluding hydrogens is 188 g/mol. The number of aliphatic hydroxyl groups is 1. The van der Waals surface area contributed by atoms with Gasteiger partial charge in [0.25, 0.3) is 0 Å². The van der Waals surface area contributed by atoms with Gasteiger partial charge in [0.15, 0.2) is 0 Å². The van der Waals surface area contributed by atoms with E-state index in [-0.39, 0.29) is 30.0 Å². The van der Waals surface area contributed by atoms with Gasteiger partial charge in [-0.15, -0.1) is 0 Å². The van der Waals surface area contributed by atoms with Crippen molar-refractivity contribution in [3.8, 4) is 0 Å². The van der Waals surface area contributed by atoms with E-state index in [0.717, 1.165) is 0 Å². The summed E-state index contributed by atoms with van der Waals surface area (Å²) >= 11 is 0. The number of carbonyl (C=O) groups is 1. The first-order valence-electron chi connectivity index (χ1n) is 4.77. The maximum absolute atomic E-state index is 11.3. The fourth-order valence-electron chi connectivity index (χ4n) is 2.87. The molecule has 3 aliphatic rings. The summed E-state index contributed by atoms with van der Waals surface area (Å²) < 4.78 is 15.7. The van der Waals surface area contributed by atoms with Crippen LogP contribution in [0.1, 0.15) is 0 Å². The van der Waals surface area contributed by atoms with Gasteiger partial charge in [-0.25, -0.2) is 0 Å². The average molecular weight is 200 g/mol. The van der Waals surface area contributed by atoms with Gasteiger partial charge in [0, 0.05) is 13.0 Å². The van der Waals surface area contributed by atoms with Crippen LogP contribution in [0.15, 0.2) is 0 Å². The van der Waals surface area contributed by atoms with E-state index in [2.05, 4.69) is 0 Å². The fourth-order valence-corrected chi connectivity index (χ4v) is 2.87. The minimum absolute atomic E-state index is 0.0702. The molecule has 5 nitrogen and oxygen atoms in total. The summed E-state index contributed by atoms with van der Waals surface area (Å²) in [5.74, 6) is -0.446. The molecule has 0 aromatic heterocycles. The third kappa shape index (κ3) is 0.827. The second kappa shape index (κ2) is 2.68. The number of fused-ring (bicyclic) bond motifs is 5. The highest BCUT2D eigenvalue weighted by molar-refractivity contribution is 5.76. The summed E-state index contributed by atoms with van der Waals surface area (Å²) in [7, 11) is 1.55. The lowest BCUT2D eigenvalue weighted by Crippen LogP contribution is -2.47. The quantitative estimate of drug-likeness (QED) is 0.546. The van der Waals surface area contributed by atoms with Crippen molar-refractivity contribution in [3.05, 3.63) is 0 Å². The van der Waals surface area contributed by atoms with Gasteiger partial charge in [-0.1, -0.05) is 0 Å². The van der Waals surface area contributed by atoms with E-state index in [1.54, 1.807) is 7.11 Å². The summed E-state index contributed by atoms with van der Waals surface area (Å²) in [5, 5.41) is 9.79. The van der Waals surface area contributed by atoms with Crippen molar-refractivity contribution in [2.24, 2.45) is 11.8 Å². The third-order valence-electron chi connectivity index (χ3n) is 3.51. The molecule has 1 N–H and O–H groups in total. The fraction of sp³-hybridized carbons (Fsp3) is 0.889. The second-order valence-corrected chi connectivity index (χ2v) is 4.08.